The normalized spacial score (nSPS) is 18.1. The first-order chi connectivity index (χ1) is 11.4. The molecule has 0 saturated carbocycles. The third-order valence-electron chi connectivity index (χ3n) is 4.97. The average molecular weight is 351 g/mol. The van der Waals surface area contributed by atoms with Crippen LogP contribution in [0, 0.1) is 11.8 Å². The monoisotopic (exact) mass is 350 g/mol. The minimum Gasteiger partial charge on any atom is -0.341 e. The summed E-state index contributed by atoms with van der Waals surface area (Å²) in [5.74, 6) is 0.571. The smallest absolute Gasteiger partial charge is 0.251 e. The molecule has 1 fully saturated rings. The van der Waals surface area contributed by atoms with Gasteiger partial charge in [-0.1, -0.05) is 38.8 Å². The lowest BCUT2D eigenvalue weighted by atomic mass is 9.94. The molecule has 1 aliphatic rings. The van der Waals surface area contributed by atoms with Crippen molar-refractivity contribution in [3.8, 4) is 0 Å². The number of hydrogen-bond donors (Lipinski definition) is 1. The minimum absolute atomic E-state index is 0.0403. The molecule has 1 aromatic rings. The van der Waals surface area contributed by atoms with E-state index in [1.807, 2.05) is 18.7 Å². The molecule has 0 radical (unpaired) electrons. The lowest BCUT2D eigenvalue weighted by Gasteiger charge is -2.35. The summed E-state index contributed by atoms with van der Waals surface area (Å²) < 4.78 is 0. The lowest BCUT2D eigenvalue weighted by molar-refractivity contribution is -0.135. The van der Waals surface area contributed by atoms with Crippen molar-refractivity contribution in [2.45, 2.75) is 46.1 Å². The number of nitrogens with one attached hydrogen (secondary N) is 1. The van der Waals surface area contributed by atoms with E-state index >= 15 is 0 Å². The molecule has 4 nitrogen and oxygen atoms in total. The van der Waals surface area contributed by atoms with E-state index in [0.717, 1.165) is 32.4 Å². The van der Waals surface area contributed by atoms with Crippen LogP contribution in [-0.2, 0) is 4.79 Å². The van der Waals surface area contributed by atoms with Gasteiger partial charge >= 0.3 is 0 Å². The van der Waals surface area contributed by atoms with Crippen LogP contribution in [0.2, 0.25) is 5.02 Å². The lowest BCUT2D eigenvalue weighted by Crippen LogP contribution is -2.53. The maximum Gasteiger partial charge on any atom is 0.251 e. The Hall–Kier alpha value is -1.55. The molecule has 2 rings (SSSR count). The highest BCUT2D eigenvalue weighted by Crippen LogP contribution is 2.19. The third-order valence-corrected chi connectivity index (χ3v) is 5.22. The molecule has 1 aliphatic heterocycles. The molecular formula is C19H27ClN2O2. The summed E-state index contributed by atoms with van der Waals surface area (Å²) in [6, 6.07) is 6.24. The average Bonchev–Trinajstić information content (AvgIpc) is 2.59. The molecule has 132 valence electrons. The van der Waals surface area contributed by atoms with Crippen molar-refractivity contribution in [2.75, 3.05) is 13.1 Å². The number of rotatable bonds is 5. The minimum atomic E-state index is -0.480. The molecule has 2 atom stereocenters. The Balaban J connectivity index is 2.08. The van der Waals surface area contributed by atoms with Gasteiger partial charge in [-0.3, -0.25) is 9.59 Å². The van der Waals surface area contributed by atoms with Crippen LogP contribution in [0.5, 0.6) is 0 Å². The van der Waals surface area contributed by atoms with Crippen molar-refractivity contribution in [1.82, 2.24) is 10.2 Å². The molecule has 1 aromatic carbocycles. The first-order valence-electron chi connectivity index (χ1n) is 8.77. The Labute approximate surface area is 149 Å². The van der Waals surface area contributed by atoms with Crippen LogP contribution in [0.4, 0.5) is 0 Å². The predicted octanol–water partition coefficient (Wildman–Crippen LogP) is 3.74. The van der Waals surface area contributed by atoms with Crippen LogP contribution < -0.4 is 5.32 Å². The number of carbonyl (C=O) groups is 2. The Kier molecular flexibility index (Phi) is 6.67. The molecule has 5 heteroatoms. The van der Waals surface area contributed by atoms with Gasteiger partial charge in [-0.05, 0) is 48.9 Å². The number of amides is 2. The van der Waals surface area contributed by atoms with E-state index < -0.39 is 6.04 Å². The van der Waals surface area contributed by atoms with Crippen LogP contribution in [0.25, 0.3) is 0 Å². The van der Waals surface area contributed by atoms with Gasteiger partial charge in [-0.15, -0.1) is 0 Å². The molecule has 0 aromatic heterocycles. The standard InChI is InChI=1S/C19H27ClN2O2/c1-4-14(3)17(19(24)22-11-9-13(2)10-12-22)21-18(23)15-5-7-16(20)8-6-15/h5-8,13-14,17H,4,9-12H2,1-3H3,(H,21,23)/t14-,17-/m0/s1. The third kappa shape index (κ3) is 4.73. The SMILES string of the molecule is CC[C@H](C)[C@H](NC(=O)c1ccc(Cl)cc1)C(=O)N1CCC(C)CC1. The van der Waals surface area contributed by atoms with Gasteiger partial charge in [0.25, 0.3) is 5.91 Å². The zero-order valence-electron chi connectivity index (χ0n) is 14.7. The second kappa shape index (κ2) is 8.52. The van der Waals surface area contributed by atoms with E-state index in [4.69, 9.17) is 11.6 Å². The van der Waals surface area contributed by atoms with Crippen molar-refractivity contribution in [3.05, 3.63) is 34.9 Å². The summed E-state index contributed by atoms with van der Waals surface area (Å²) in [5.41, 5.74) is 0.521. The molecule has 1 N–H and O–H groups in total. The highest BCUT2D eigenvalue weighted by Gasteiger charge is 2.31. The number of benzene rings is 1. The zero-order valence-corrected chi connectivity index (χ0v) is 15.5. The Morgan fingerprint density at radius 2 is 1.83 bits per heavy atom. The van der Waals surface area contributed by atoms with E-state index in [1.165, 1.54) is 0 Å². The van der Waals surface area contributed by atoms with Crippen LogP contribution >= 0.6 is 11.6 Å². The zero-order chi connectivity index (χ0) is 17.7. The highest BCUT2D eigenvalue weighted by molar-refractivity contribution is 6.30. The van der Waals surface area contributed by atoms with E-state index in [0.29, 0.717) is 16.5 Å². The number of carbonyl (C=O) groups excluding carboxylic acids is 2. The Bertz CT molecular complexity index is 565. The van der Waals surface area contributed by atoms with E-state index in [1.54, 1.807) is 24.3 Å². The van der Waals surface area contributed by atoms with Gasteiger partial charge in [0.2, 0.25) is 5.91 Å². The van der Waals surface area contributed by atoms with Crippen molar-refractivity contribution >= 4 is 23.4 Å². The predicted molar refractivity (Wildman–Crippen MR) is 97.1 cm³/mol. The fraction of sp³-hybridized carbons (Fsp3) is 0.579. The summed E-state index contributed by atoms with van der Waals surface area (Å²) in [5, 5.41) is 3.53. The summed E-state index contributed by atoms with van der Waals surface area (Å²) in [6.45, 7) is 7.83. The molecule has 0 bridgehead atoms. The highest BCUT2D eigenvalue weighted by atomic mass is 35.5. The van der Waals surface area contributed by atoms with E-state index in [2.05, 4.69) is 12.2 Å². The molecule has 2 amide bonds. The number of nitrogens with zero attached hydrogens (tertiary/aromatic N) is 1. The molecular weight excluding hydrogens is 324 g/mol. The molecule has 24 heavy (non-hydrogen) atoms. The summed E-state index contributed by atoms with van der Waals surface area (Å²) in [6.07, 6.45) is 2.90. The second-order valence-corrected chi connectivity index (χ2v) is 7.29. The van der Waals surface area contributed by atoms with E-state index in [-0.39, 0.29) is 17.7 Å². The Morgan fingerprint density at radius 3 is 2.38 bits per heavy atom. The molecule has 1 heterocycles. The van der Waals surface area contributed by atoms with Gasteiger partial charge in [-0.2, -0.15) is 0 Å². The summed E-state index contributed by atoms with van der Waals surface area (Å²) >= 11 is 5.87. The molecule has 1 saturated heterocycles. The molecule has 0 spiro atoms. The molecule has 0 aliphatic carbocycles. The second-order valence-electron chi connectivity index (χ2n) is 6.85. The van der Waals surface area contributed by atoms with Gasteiger partial charge in [0.15, 0.2) is 0 Å². The Morgan fingerprint density at radius 1 is 1.25 bits per heavy atom. The first-order valence-corrected chi connectivity index (χ1v) is 9.15. The number of halogens is 1. The van der Waals surface area contributed by atoms with Gasteiger partial charge in [0, 0.05) is 23.7 Å². The fourth-order valence-corrected chi connectivity index (χ4v) is 3.06. The van der Waals surface area contributed by atoms with Gasteiger partial charge in [0.05, 0.1) is 0 Å². The molecule has 0 unspecified atom stereocenters. The largest absolute Gasteiger partial charge is 0.341 e. The maximum atomic E-state index is 12.9. The topological polar surface area (TPSA) is 49.4 Å². The number of likely N-dealkylation sites (tertiary alicyclic amines) is 1. The van der Waals surface area contributed by atoms with Crippen molar-refractivity contribution in [3.63, 3.8) is 0 Å². The van der Waals surface area contributed by atoms with E-state index in [9.17, 15) is 9.59 Å². The number of piperidine rings is 1. The van der Waals surface area contributed by atoms with Gasteiger partial charge < -0.3 is 10.2 Å². The van der Waals surface area contributed by atoms with Crippen LogP contribution in [0.1, 0.15) is 50.4 Å². The van der Waals surface area contributed by atoms with Crippen molar-refractivity contribution < 1.29 is 9.59 Å². The van der Waals surface area contributed by atoms with Gasteiger partial charge in [-0.25, -0.2) is 0 Å². The summed E-state index contributed by atoms with van der Waals surface area (Å²) in [7, 11) is 0. The van der Waals surface area contributed by atoms with Crippen LogP contribution in [-0.4, -0.2) is 35.8 Å². The fourth-order valence-electron chi connectivity index (χ4n) is 2.93. The summed E-state index contributed by atoms with van der Waals surface area (Å²) in [4.78, 5) is 27.3. The van der Waals surface area contributed by atoms with Crippen LogP contribution in [0.3, 0.4) is 0 Å². The first kappa shape index (κ1) is 18.8. The van der Waals surface area contributed by atoms with Gasteiger partial charge in [0.1, 0.15) is 6.04 Å². The number of hydrogen-bond acceptors (Lipinski definition) is 2. The van der Waals surface area contributed by atoms with Crippen molar-refractivity contribution in [1.29, 1.82) is 0 Å². The van der Waals surface area contributed by atoms with Crippen LogP contribution in [0.15, 0.2) is 24.3 Å². The maximum absolute atomic E-state index is 12.9. The quantitative estimate of drug-likeness (QED) is 0.879. The van der Waals surface area contributed by atoms with Crippen molar-refractivity contribution in [2.24, 2.45) is 11.8 Å².